The molecule has 1 saturated heterocycles. The number of aryl methyl sites for hydroxylation is 1. The van der Waals surface area contributed by atoms with Gasteiger partial charge < -0.3 is 4.90 Å². The predicted molar refractivity (Wildman–Crippen MR) is 80.7 cm³/mol. The van der Waals surface area contributed by atoms with Gasteiger partial charge in [0.25, 0.3) is 0 Å². The summed E-state index contributed by atoms with van der Waals surface area (Å²) in [7, 11) is 0. The van der Waals surface area contributed by atoms with E-state index in [0.29, 0.717) is 0 Å². The van der Waals surface area contributed by atoms with Crippen molar-refractivity contribution in [2.45, 2.75) is 57.9 Å². The van der Waals surface area contributed by atoms with Crippen molar-refractivity contribution in [2.24, 2.45) is 17.8 Å². The summed E-state index contributed by atoms with van der Waals surface area (Å²) in [5.74, 6) is 4.28. The van der Waals surface area contributed by atoms with E-state index in [-0.39, 0.29) is 0 Å². The summed E-state index contributed by atoms with van der Waals surface area (Å²) < 4.78 is 0. The lowest BCUT2D eigenvalue weighted by Gasteiger charge is -2.31. The molecule has 3 heteroatoms. The largest absolute Gasteiger partial charge is 0.354 e. The number of aromatic nitrogens is 2. The van der Waals surface area contributed by atoms with Gasteiger partial charge in [-0.05, 0) is 63.2 Å². The highest BCUT2D eigenvalue weighted by Crippen LogP contribution is 2.50. The van der Waals surface area contributed by atoms with E-state index in [4.69, 9.17) is 0 Å². The Labute approximate surface area is 121 Å². The molecule has 0 spiro atoms. The maximum absolute atomic E-state index is 4.51. The van der Waals surface area contributed by atoms with Crippen LogP contribution in [0.25, 0.3) is 0 Å². The van der Waals surface area contributed by atoms with Gasteiger partial charge in [-0.25, -0.2) is 9.97 Å². The van der Waals surface area contributed by atoms with Gasteiger partial charge in [-0.1, -0.05) is 6.42 Å². The van der Waals surface area contributed by atoms with Crippen molar-refractivity contribution in [3.05, 3.63) is 18.1 Å². The SMILES string of the molecule is Cc1cc(N2CCC[C@H]2C[C@H]2C[C@H]3CC[C@H]2C3)ncn1. The predicted octanol–water partition coefficient (Wildman–Crippen LogP) is 3.58. The topological polar surface area (TPSA) is 29.0 Å². The van der Waals surface area contributed by atoms with Gasteiger partial charge in [-0.3, -0.25) is 0 Å². The molecule has 0 aromatic carbocycles. The average Bonchev–Trinajstić information content (AvgIpc) is 3.14. The zero-order valence-corrected chi connectivity index (χ0v) is 12.5. The Kier molecular flexibility index (Phi) is 3.16. The molecule has 108 valence electrons. The molecule has 4 rings (SSSR count). The third-order valence-corrected chi connectivity index (χ3v) is 5.92. The van der Waals surface area contributed by atoms with Crippen molar-refractivity contribution >= 4 is 5.82 Å². The van der Waals surface area contributed by atoms with Crippen LogP contribution in [-0.4, -0.2) is 22.6 Å². The van der Waals surface area contributed by atoms with Crippen LogP contribution < -0.4 is 4.90 Å². The Hall–Kier alpha value is -1.12. The van der Waals surface area contributed by atoms with Crippen LogP contribution in [0.4, 0.5) is 5.82 Å². The van der Waals surface area contributed by atoms with E-state index in [9.17, 15) is 0 Å². The van der Waals surface area contributed by atoms with E-state index in [1.807, 2.05) is 0 Å². The average molecular weight is 271 g/mol. The summed E-state index contributed by atoms with van der Waals surface area (Å²) in [6, 6.07) is 2.88. The number of hydrogen-bond acceptors (Lipinski definition) is 3. The van der Waals surface area contributed by atoms with E-state index < -0.39 is 0 Å². The van der Waals surface area contributed by atoms with Crippen LogP contribution in [-0.2, 0) is 0 Å². The second-order valence-corrected chi connectivity index (χ2v) is 7.18. The van der Waals surface area contributed by atoms with Gasteiger partial charge in [0.15, 0.2) is 0 Å². The minimum Gasteiger partial charge on any atom is -0.354 e. The Bertz CT molecular complexity index is 487. The van der Waals surface area contributed by atoms with Crippen molar-refractivity contribution in [1.82, 2.24) is 9.97 Å². The first-order chi connectivity index (χ1) is 9.79. The van der Waals surface area contributed by atoms with Gasteiger partial charge in [0.1, 0.15) is 12.1 Å². The summed E-state index contributed by atoms with van der Waals surface area (Å²) in [5, 5.41) is 0. The van der Waals surface area contributed by atoms with E-state index >= 15 is 0 Å². The molecule has 1 aromatic heterocycles. The number of hydrogen-bond donors (Lipinski definition) is 0. The van der Waals surface area contributed by atoms with Gasteiger partial charge in [0.2, 0.25) is 0 Å². The Morgan fingerprint density at radius 3 is 2.90 bits per heavy atom. The lowest BCUT2D eigenvalue weighted by Crippen LogP contribution is -2.33. The molecule has 2 heterocycles. The third kappa shape index (κ3) is 2.21. The molecule has 0 N–H and O–H groups in total. The van der Waals surface area contributed by atoms with Crippen LogP contribution >= 0.6 is 0 Å². The van der Waals surface area contributed by atoms with Crippen LogP contribution in [0.3, 0.4) is 0 Å². The zero-order valence-electron chi connectivity index (χ0n) is 12.5. The van der Waals surface area contributed by atoms with Crippen LogP contribution in [0.1, 0.15) is 50.6 Å². The highest BCUT2D eigenvalue weighted by atomic mass is 15.2. The second-order valence-electron chi connectivity index (χ2n) is 7.18. The first kappa shape index (κ1) is 12.6. The molecule has 2 aliphatic carbocycles. The van der Waals surface area contributed by atoms with Crippen molar-refractivity contribution in [3.63, 3.8) is 0 Å². The Morgan fingerprint density at radius 2 is 2.15 bits per heavy atom. The monoisotopic (exact) mass is 271 g/mol. The molecule has 1 aliphatic heterocycles. The molecule has 3 fully saturated rings. The molecule has 0 radical (unpaired) electrons. The van der Waals surface area contributed by atoms with E-state index in [1.54, 1.807) is 6.33 Å². The van der Waals surface area contributed by atoms with E-state index in [0.717, 1.165) is 35.3 Å². The smallest absolute Gasteiger partial charge is 0.132 e. The molecule has 2 bridgehead atoms. The number of rotatable bonds is 3. The standard InChI is InChI=1S/C17H25N3/c1-12-7-17(19-11-18-12)20-6-2-3-16(20)10-15-9-13-4-5-14(15)8-13/h7,11,13-16H,2-6,8-10H2,1H3/t13-,14-,15+,16-/m0/s1. The fraction of sp³-hybridized carbons (Fsp3) is 0.765. The molecular weight excluding hydrogens is 246 g/mol. The molecule has 4 atom stereocenters. The molecule has 2 saturated carbocycles. The molecule has 1 aromatic rings. The summed E-state index contributed by atoms with van der Waals surface area (Å²) >= 11 is 0. The summed E-state index contributed by atoms with van der Waals surface area (Å²) in [6.07, 6.45) is 11.9. The van der Waals surface area contributed by atoms with Crippen molar-refractivity contribution < 1.29 is 0 Å². The molecule has 0 amide bonds. The van der Waals surface area contributed by atoms with E-state index in [2.05, 4.69) is 27.9 Å². The van der Waals surface area contributed by atoms with Crippen LogP contribution in [0, 0.1) is 24.7 Å². The lowest BCUT2D eigenvalue weighted by atomic mass is 9.84. The quantitative estimate of drug-likeness (QED) is 0.841. The molecule has 0 unspecified atom stereocenters. The van der Waals surface area contributed by atoms with Gasteiger partial charge >= 0.3 is 0 Å². The first-order valence-electron chi connectivity index (χ1n) is 8.35. The maximum Gasteiger partial charge on any atom is 0.132 e. The summed E-state index contributed by atoms with van der Waals surface area (Å²) in [6.45, 7) is 3.24. The molecule has 20 heavy (non-hydrogen) atoms. The Balaban J connectivity index is 1.47. The van der Waals surface area contributed by atoms with E-state index in [1.165, 1.54) is 51.5 Å². The van der Waals surface area contributed by atoms with Gasteiger partial charge in [-0.2, -0.15) is 0 Å². The van der Waals surface area contributed by atoms with Crippen LogP contribution in [0.15, 0.2) is 12.4 Å². The number of nitrogens with zero attached hydrogens (tertiary/aromatic N) is 3. The normalized spacial score (nSPS) is 36.0. The minimum atomic E-state index is 0.730. The summed E-state index contributed by atoms with van der Waals surface area (Å²) in [5.41, 5.74) is 1.08. The van der Waals surface area contributed by atoms with Crippen molar-refractivity contribution in [1.29, 1.82) is 0 Å². The fourth-order valence-corrected chi connectivity index (χ4v) is 4.99. The van der Waals surface area contributed by atoms with Crippen molar-refractivity contribution in [2.75, 3.05) is 11.4 Å². The van der Waals surface area contributed by atoms with Crippen LogP contribution in [0.2, 0.25) is 0 Å². The minimum absolute atomic E-state index is 0.730. The lowest BCUT2D eigenvalue weighted by molar-refractivity contribution is 0.294. The first-order valence-corrected chi connectivity index (χ1v) is 8.35. The van der Waals surface area contributed by atoms with Gasteiger partial charge in [-0.15, -0.1) is 0 Å². The van der Waals surface area contributed by atoms with Crippen molar-refractivity contribution in [3.8, 4) is 0 Å². The fourth-order valence-electron chi connectivity index (χ4n) is 4.99. The van der Waals surface area contributed by atoms with Gasteiger partial charge in [0.05, 0.1) is 0 Å². The maximum atomic E-state index is 4.51. The summed E-state index contributed by atoms with van der Waals surface area (Å²) in [4.78, 5) is 11.3. The second kappa shape index (κ2) is 5.01. The van der Waals surface area contributed by atoms with Crippen LogP contribution in [0.5, 0.6) is 0 Å². The highest BCUT2D eigenvalue weighted by Gasteiger charge is 2.41. The molecule has 3 aliphatic rings. The third-order valence-electron chi connectivity index (χ3n) is 5.92. The molecule has 3 nitrogen and oxygen atoms in total. The number of anilines is 1. The molecular formula is C17H25N3. The Morgan fingerprint density at radius 1 is 1.20 bits per heavy atom. The zero-order chi connectivity index (χ0) is 13.5. The van der Waals surface area contributed by atoms with Gasteiger partial charge in [0, 0.05) is 24.3 Å². The highest BCUT2D eigenvalue weighted by molar-refractivity contribution is 5.41. The number of fused-ring (bicyclic) bond motifs is 2.